The lowest BCUT2D eigenvalue weighted by molar-refractivity contribution is 0.0526. The molecule has 1 aromatic rings. The van der Waals surface area contributed by atoms with E-state index in [4.69, 9.17) is 24.8 Å². The van der Waals surface area contributed by atoms with Crippen LogP contribution in [0.1, 0.15) is 23.7 Å². The number of likely N-dealkylation sites (tertiary alicyclic amines) is 1. The van der Waals surface area contributed by atoms with Gasteiger partial charge in [0.1, 0.15) is 12.4 Å². The maximum absolute atomic E-state index is 11.6. The van der Waals surface area contributed by atoms with Crippen molar-refractivity contribution in [3.8, 4) is 5.75 Å². The monoisotopic (exact) mass is 322 g/mol. The molecule has 23 heavy (non-hydrogen) atoms. The molecule has 8 heteroatoms. The summed E-state index contributed by atoms with van der Waals surface area (Å²) in [7, 11) is 0.730. The summed E-state index contributed by atoms with van der Waals surface area (Å²) in [6.45, 7) is 3.32. The Morgan fingerprint density at radius 3 is 2.74 bits per heavy atom. The highest BCUT2D eigenvalue weighted by atomic mass is 16.5. The number of carbonyl (C=O) groups is 1. The third kappa shape index (κ3) is 5.21. The maximum atomic E-state index is 11.6. The predicted octanol–water partition coefficient (Wildman–Crippen LogP) is 0.267. The molecular weight excluding hydrogens is 299 g/mol. The average molecular weight is 322 g/mol. The number of hydrogen-bond donors (Lipinski definition) is 2. The van der Waals surface area contributed by atoms with Gasteiger partial charge in [0, 0.05) is 12.6 Å². The van der Waals surface area contributed by atoms with E-state index >= 15 is 0 Å². The fourth-order valence-electron chi connectivity index (χ4n) is 2.61. The lowest BCUT2D eigenvalue weighted by Crippen LogP contribution is -2.35. The molecule has 1 aliphatic heterocycles. The van der Waals surface area contributed by atoms with Crippen molar-refractivity contribution < 1.29 is 23.9 Å². The first-order valence-corrected chi connectivity index (χ1v) is 7.69. The van der Waals surface area contributed by atoms with Crippen molar-refractivity contribution in [3.05, 3.63) is 29.8 Å². The van der Waals surface area contributed by atoms with E-state index in [0.717, 1.165) is 6.42 Å². The maximum Gasteiger partial charge on any atom is 0.549 e. The van der Waals surface area contributed by atoms with Crippen LogP contribution in [0, 0.1) is 0 Å². The zero-order valence-electron chi connectivity index (χ0n) is 13.5. The van der Waals surface area contributed by atoms with Crippen molar-refractivity contribution in [1.29, 1.82) is 0 Å². The molecule has 3 N–H and O–H groups in total. The quantitative estimate of drug-likeness (QED) is 0.549. The van der Waals surface area contributed by atoms with E-state index in [0.29, 0.717) is 31.1 Å². The largest absolute Gasteiger partial charge is 0.549 e. The van der Waals surface area contributed by atoms with Crippen molar-refractivity contribution in [2.75, 3.05) is 26.8 Å². The van der Waals surface area contributed by atoms with Crippen molar-refractivity contribution >= 4 is 13.2 Å². The highest BCUT2D eigenvalue weighted by Crippen LogP contribution is 2.20. The summed E-state index contributed by atoms with van der Waals surface area (Å²) in [5.74, 6) is 0.351. The molecule has 2 rings (SSSR count). The third-order valence-corrected chi connectivity index (χ3v) is 3.79. The van der Waals surface area contributed by atoms with Crippen molar-refractivity contribution in [2.24, 2.45) is 5.64 Å². The fourth-order valence-corrected chi connectivity index (χ4v) is 2.61. The molecule has 0 unspecified atom stereocenters. The van der Waals surface area contributed by atoms with Crippen molar-refractivity contribution in [2.45, 2.75) is 25.5 Å². The Kier molecular flexibility index (Phi) is 6.41. The number of carbonyl (C=O) groups excluding carboxylic acids is 1. The highest BCUT2D eigenvalue weighted by Gasteiger charge is 2.32. The van der Waals surface area contributed by atoms with Gasteiger partial charge in [0.05, 0.1) is 18.3 Å². The van der Waals surface area contributed by atoms with Gasteiger partial charge in [-0.15, -0.1) is 0 Å². The molecule has 0 spiro atoms. The van der Waals surface area contributed by atoms with Crippen LogP contribution in [0.3, 0.4) is 0 Å². The van der Waals surface area contributed by atoms with Gasteiger partial charge in [-0.05, 0) is 44.7 Å². The molecule has 0 amide bonds. The summed E-state index contributed by atoms with van der Waals surface area (Å²) in [4.78, 5) is 13.7. The minimum atomic E-state index is -1.25. The molecule has 0 bridgehead atoms. The molecule has 0 radical (unpaired) electrons. The Bertz CT molecular complexity index is 511. The van der Waals surface area contributed by atoms with Crippen LogP contribution in [-0.2, 0) is 9.39 Å². The minimum absolute atomic E-state index is 0.0974. The average Bonchev–Trinajstić information content (AvgIpc) is 2.85. The Morgan fingerprint density at radius 1 is 1.43 bits per heavy atom. The van der Waals surface area contributed by atoms with Crippen LogP contribution in [0.25, 0.3) is 0 Å². The predicted molar refractivity (Wildman–Crippen MR) is 86.0 cm³/mol. The van der Waals surface area contributed by atoms with Crippen LogP contribution in [0.5, 0.6) is 5.75 Å². The summed E-state index contributed by atoms with van der Waals surface area (Å²) in [6.07, 6.45) is 0.644. The second kappa shape index (κ2) is 8.30. The molecule has 0 saturated carbocycles. The van der Waals surface area contributed by atoms with Crippen LogP contribution in [-0.4, -0.2) is 62.1 Å². The minimum Gasteiger partial charge on any atom is -0.492 e. The second-order valence-corrected chi connectivity index (χ2v) is 5.53. The lowest BCUT2D eigenvalue weighted by Gasteiger charge is -2.19. The van der Waals surface area contributed by atoms with E-state index in [1.165, 1.54) is 0 Å². The number of nitrogens with two attached hydrogens (primary N) is 1. The first-order valence-electron chi connectivity index (χ1n) is 7.69. The van der Waals surface area contributed by atoms with Gasteiger partial charge in [-0.3, -0.25) is 4.90 Å². The van der Waals surface area contributed by atoms with E-state index in [1.54, 1.807) is 31.2 Å². The van der Waals surface area contributed by atoms with Gasteiger partial charge in [0.15, 0.2) is 0 Å². The Morgan fingerprint density at radius 2 is 2.13 bits per heavy atom. The summed E-state index contributed by atoms with van der Waals surface area (Å²) in [5, 5.41) is 9.07. The first kappa shape index (κ1) is 17.7. The van der Waals surface area contributed by atoms with E-state index < -0.39 is 7.25 Å². The Labute approximate surface area is 136 Å². The number of rotatable bonds is 7. The number of likely N-dealkylation sites (N-methyl/N-ethyl adjacent to an activating group) is 1. The zero-order valence-corrected chi connectivity index (χ0v) is 13.5. The summed E-state index contributed by atoms with van der Waals surface area (Å²) in [5.41, 5.74) is 5.74. The summed E-state index contributed by atoms with van der Waals surface area (Å²) in [6, 6.07) is 7.05. The number of ether oxygens (including phenoxy) is 2. The molecular formula is C15H23BN2O5. The van der Waals surface area contributed by atoms with E-state index in [-0.39, 0.29) is 18.1 Å². The van der Waals surface area contributed by atoms with Gasteiger partial charge >= 0.3 is 13.2 Å². The molecule has 126 valence electrons. The van der Waals surface area contributed by atoms with Crippen LogP contribution in [0.15, 0.2) is 24.3 Å². The molecule has 1 fully saturated rings. The number of hydrogen-bond acceptors (Lipinski definition) is 7. The number of nitrogens with zero attached hydrogens (tertiary/aromatic N) is 1. The van der Waals surface area contributed by atoms with Crippen molar-refractivity contribution in [3.63, 3.8) is 0 Å². The van der Waals surface area contributed by atoms with E-state index in [1.807, 2.05) is 7.05 Å². The lowest BCUT2D eigenvalue weighted by atomic mass is 10.1. The molecule has 1 saturated heterocycles. The smallest absolute Gasteiger partial charge is 0.492 e. The first-order chi connectivity index (χ1) is 11.0. The number of benzene rings is 1. The third-order valence-electron chi connectivity index (χ3n) is 3.79. The molecule has 0 aliphatic carbocycles. The zero-order chi connectivity index (χ0) is 16.8. The van der Waals surface area contributed by atoms with Gasteiger partial charge in [-0.2, -0.15) is 0 Å². The highest BCUT2D eigenvalue weighted by molar-refractivity contribution is 6.38. The second-order valence-electron chi connectivity index (χ2n) is 5.53. The molecule has 0 aromatic heterocycles. The Hall–Kier alpha value is -1.61. The van der Waals surface area contributed by atoms with Gasteiger partial charge in [-0.25, -0.2) is 4.79 Å². The topological polar surface area (TPSA) is 94.2 Å². The van der Waals surface area contributed by atoms with Crippen LogP contribution < -0.4 is 10.4 Å². The molecule has 7 nitrogen and oxygen atoms in total. The number of esters is 1. The van der Waals surface area contributed by atoms with Gasteiger partial charge in [-0.1, -0.05) is 0 Å². The Balaban J connectivity index is 1.83. The normalized spacial score (nSPS) is 21.2. The van der Waals surface area contributed by atoms with Crippen LogP contribution >= 0.6 is 0 Å². The SMILES string of the molecule is CCOC(=O)c1ccc(OC[C@@H]2C[C@@H](OB(N)O)CN2C)cc1. The van der Waals surface area contributed by atoms with E-state index in [9.17, 15) is 4.79 Å². The summed E-state index contributed by atoms with van der Waals surface area (Å²) >= 11 is 0. The standard InChI is InChI=1S/C15H23BN2O5/c1-3-21-15(19)11-4-6-13(7-5-11)22-10-12-8-14(9-18(12)2)23-16(17)20/h4-7,12,14,20H,3,8-10,17H2,1-2H3/t12-,14+/m0/s1. The van der Waals surface area contributed by atoms with E-state index in [2.05, 4.69) is 4.90 Å². The molecule has 1 aromatic carbocycles. The van der Waals surface area contributed by atoms with Crippen molar-refractivity contribution in [1.82, 2.24) is 4.90 Å². The fraction of sp³-hybridized carbons (Fsp3) is 0.533. The van der Waals surface area contributed by atoms with Gasteiger partial charge in [0.25, 0.3) is 0 Å². The van der Waals surface area contributed by atoms with Crippen LogP contribution in [0.4, 0.5) is 0 Å². The van der Waals surface area contributed by atoms with Gasteiger partial charge < -0.3 is 24.8 Å². The van der Waals surface area contributed by atoms with Gasteiger partial charge in [0.2, 0.25) is 0 Å². The molecule has 1 heterocycles. The summed E-state index contributed by atoms with van der Waals surface area (Å²) < 4.78 is 15.9. The molecule has 2 atom stereocenters. The molecule has 1 aliphatic rings. The van der Waals surface area contributed by atoms with Crippen LogP contribution in [0.2, 0.25) is 0 Å².